The van der Waals surface area contributed by atoms with E-state index in [-0.39, 0.29) is 6.04 Å². The third-order valence-corrected chi connectivity index (χ3v) is 3.14. The summed E-state index contributed by atoms with van der Waals surface area (Å²) >= 11 is 0. The molecule has 0 fully saturated rings. The molecule has 1 aromatic rings. The molecule has 17 heavy (non-hydrogen) atoms. The van der Waals surface area contributed by atoms with E-state index in [0.717, 1.165) is 18.6 Å². The van der Waals surface area contributed by atoms with Crippen LogP contribution < -0.4 is 10.5 Å². The topological polar surface area (TPSA) is 35.2 Å². The minimum absolute atomic E-state index is 0.0768. The van der Waals surface area contributed by atoms with E-state index in [1.54, 1.807) is 7.11 Å². The monoisotopic (exact) mass is 235 g/mol. The minimum Gasteiger partial charge on any atom is -0.496 e. The van der Waals surface area contributed by atoms with Crippen LogP contribution in [0.1, 0.15) is 49.4 Å². The number of rotatable bonds is 5. The molecule has 0 aliphatic rings. The summed E-state index contributed by atoms with van der Waals surface area (Å²) in [6.45, 7) is 8.65. The van der Waals surface area contributed by atoms with Gasteiger partial charge in [0, 0.05) is 11.6 Å². The highest BCUT2D eigenvalue weighted by Gasteiger charge is 2.15. The maximum atomic E-state index is 6.29. The zero-order valence-corrected chi connectivity index (χ0v) is 11.7. The van der Waals surface area contributed by atoms with Crippen molar-refractivity contribution in [2.24, 2.45) is 11.7 Å². The second-order valence-corrected chi connectivity index (χ2v) is 5.28. The zero-order valence-electron chi connectivity index (χ0n) is 11.7. The summed E-state index contributed by atoms with van der Waals surface area (Å²) < 4.78 is 5.45. The first-order chi connectivity index (χ1) is 7.95. The van der Waals surface area contributed by atoms with Gasteiger partial charge in [-0.05, 0) is 49.8 Å². The first kappa shape index (κ1) is 14.0. The third kappa shape index (κ3) is 3.74. The molecule has 96 valence electrons. The Morgan fingerprint density at radius 1 is 1.18 bits per heavy atom. The summed E-state index contributed by atoms with van der Waals surface area (Å²) in [6.07, 6.45) is 2.16. The Bertz CT molecular complexity index is 371. The Morgan fingerprint density at radius 3 is 2.35 bits per heavy atom. The largest absolute Gasteiger partial charge is 0.496 e. The average molecular weight is 235 g/mol. The van der Waals surface area contributed by atoms with E-state index in [9.17, 15) is 0 Å². The molecular formula is C15H25NO. The maximum absolute atomic E-state index is 6.29. The van der Waals surface area contributed by atoms with Crippen molar-refractivity contribution in [1.29, 1.82) is 0 Å². The highest BCUT2D eigenvalue weighted by atomic mass is 16.5. The van der Waals surface area contributed by atoms with E-state index < -0.39 is 0 Å². The van der Waals surface area contributed by atoms with Crippen molar-refractivity contribution < 1.29 is 4.74 Å². The smallest absolute Gasteiger partial charge is 0.124 e. The van der Waals surface area contributed by atoms with Crippen molar-refractivity contribution in [3.8, 4) is 5.75 Å². The van der Waals surface area contributed by atoms with E-state index in [1.807, 2.05) is 0 Å². The summed E-state index contributed by atoms with van der Waals surface area (Å²) in [5, 5.41) is 0. The Balaban J connectivity index is 2.95. The second-order valence-electron chi connectivity index (χ2n) is 5.28. The van der Waals surface area contributed by atoms with Crippen LogP contribution in [0.4, 0.5) is 0 Å². The van der Waals surface area contributed by atoms with Gasteiger partial charge >= 0.3 is 0 Å². The Morgan fingerprint density at radius 2 is 1.82 bits per heavy atom. The average Bonchev–Trinajstić information content (AvgIpc) is 2.24. The highest BCUT2D eigenvalue weighted by molar-refractivity contribution is 5.44. The lowest BCUT2D eigenvalue weighted by atomic mass is 9.93. The number of methoxy groups -OCH3 is 1. The lowest BCUT2D eigenvalue weighted by Crippen LogP contribution is -2.14. The van der Waals surface area contributed by atoms with Crippen LogP contribution in [0.2, 0.25) is 0 Å². The lowest BCUT2D eigenvalue weighted by molar-refractivity contribution is 0.400. The van der Waals surface area contributed by atoms with Crippen LogP contribution in [0.5, 0.6) is 5.75 Å². The molecule has 0 spiro atoms. The summed E-state index contributed by atoms with van der Waals surface area (Å²) in [6, 6.07) is 4.32. The molecule has 0 amide bonds. The molecular weight excluding hydrogens is 210 g/mol. The van der Waals surface area contributed by atoms with Gasteiger partial charge in [-0.15, -0.1) is 0 Å². The number of nitrogens with two attached hydrogens (primary N) is 1. The van der Waals surface area contributed by atoms with Crippen LogP contribution in [0.3, 0.4) is 0 Å². The van der Waals surface area contributed by atoms with Crippen LogP contribution in [0, 0.1) is 19.8 Å². The van der Waals surface area contributed by atoms with Gasteiger partial charge in [-0.2, -0.15) is 0 Å². The van der Waals surface area contributed by atoms with Crippen LogP contribution in [0.15, 0.2) is 12.1 Å². The molecule has 1 aromatic carbocycles. The van der Waals surface area contributed by atoms with Crippen LogP contribution in [0.25, 0.3) is 0 Å². The molecule has 0 bridgehead atoms. The highest BCUT2D eigenvalue weighted by Crippen LogP contribution is 2.31. The maximum Gasteiger partial charge on any atom is 0.124 e. The van der Waals surface area contributed by atoms with Crippen LogP contribution in [-0.4, -0.2) is 7.11 Å². The quantitative estimate of drug-likeness (QED) is 0.843. The number of ether oxygens (including phenoxy) is 1. The standard InChI is InChI=1S/C15H25NO/c1-10(2)6-7-13(16)15-12(4)8-11(3)9-14(15)17-5/h8-10,13H,6-7,16H2,1-5H3. The SMILES string of the molecule is COc1cc(C)cc(C)c1C(N)CCC(C)C. The molecule has 0 radical (unpaired) electrons. The summed E-state index contributed by atoms with van der Waals surface area (Å²) in [4.78, 5) is 0. The molecule has 2 heteroatoms. The third-order valence-electron chi connectivity index (χ3n) is 3.14. The minimum atomic E-state index is 0.0768. The molecule has 2 nitrogen and oxygen atoms in total. The lowest BCUT2D eigenvalue weighted by Gasteiger charge is -2.19. The van der Waals surface area contributed by atoms with Crippen molar-refractivity contribution in [3.63, 3.8) is 0 Å². The van der Waals surface area contributed by atoms with Crippen molar-refractivity contribution >= 4 is 0 Å². The van der Waals surface area contributed by atoms with Gasteiger partial charge in [-0.1, -0.05) is 19.9 Å². The Hall–Kier alpha value is -1.02. The second kappa shape index (κ2) is 6.06. The molecule has 1 rings (SSSR count). The van der Waals surface area contributed by atoms with Crippen LogP contribution in [-0.2, 0) is 0 Å². The van der Waals surface area contributed by atoms with Crippen molar-refractivity contribution in [1.82, 2.24) is 0 Å². The molecule has 0 heterocycles. The van der Waals surface area contributed by atoms with Gasteiger partial charge in [-0.25, -0.2) is 0 Å². The molecule has 0 aliphatic heterocycles. The van der Waals surface area contributed by atoms with Gasteiger partial charge in [0.15, 0.2) is 0 Å². The Labute approximate surface area is 105 Å². The van der Waals surface area contributed by atoms with Gasteiger partial charge in [0.25, 0.3) is 0 Å². The molecule has 0 aliphatic carbocycles. The molecule has 1 unspecified atom stereocenters. The molecule has 0 aromatic heterocycles. The van der Waals surface area contributed by atoms with E-state index in [2.05, 4.69) is 39.8 Å². The number of benzene rings is 1. The summed E-state index contributed by atoms with van der Waals surface area (Å²) in [5.41, 5.74) is 9.91. The predicted octanol–water partition coefficient (Wildman–Crippen LogP) is 3.75. The first-order valence-corrected chi connectivity index (χ1v) is 6.36. The van der Waals surface area contributed by atoms with E-state index in [4.69, 9.17) is 10.5 Å². The molecule has 1 atom stereocenters. The summed E-state index contributed by atoms with van der Waals surface area (Å²) in [7, 11) is 1.72. The van der Waals surface area contributed by atoms with Gasteiger partial charge in [0.2, 0.25) is 0 Å². The molecule has 0 saturated heterocycles. The number of hydrogen-bond donors (Lipinski definition) is 1. The van der Waals surface area contributed by atoms with E-state index in [0.29, 0.717) is 5.92 Å². The van der Waals surface area contributed by atoms with Crippen molar-refractivity contribution in [3.05, 3.63) is 28.8 Å². The predicted molar refractivity (Wildman–Crippen MR) is 73.5 cm³/mol. The van der Waals surface area contributed by atoms with E-state index >= 15 is 0 Å². The van der Waals surface area contributed by atoms with Crippen LogP contribution >= 0.6 is 0 Å². The Kier molecular flexibility index (Phi) is 5.01. The summed E-state index contributed by atoms with van der Waals surface area (Å²) in [5.74, 6) is 1.62. The van der Waals surface area contributed by atoms with Gasteiger partial charge in [-0.3, -0.25) is 0 Å². The molecule has 0 saturated carbocycles. The number of hydrogen-bond acceptors (Lipinski definition) is 2. The fourth-order valence-electron chi connectivity index (χ4n) is 2.24. The molecule has 2 N–H and O–H groups in total. The fraction of sp³-hybridized carbons (Fsp3) is 0.600. The van der Waals surface area contributed by atoms with Crippen molar-refractivity contribution in [2.45, 2.75) is 46.6 Å². The zero-order chi connectivity index (χ0) is 13.0. The van der Waals surface area contributed by atoms with Gasteiger partial charge < -0.3 is 10.5 Å². The van der Waals surface area contributed by atoms with Crippen molar-refractivity contribution in [2.75, 3.05) is 7.11 Å². The van der Waals surface area contributed by atoms with Gasteiger partial charge in [0.1, 0.15) is 5.75 Å². The number of aryl methyl sites for hydroxylation is 2. The fourth-order valence-corrected chi connectivity index (χ4v) is 2.24. The first-order valence-electron chi connectivity index (χ1n) is 6.36. The van der Waals surface area contributed by atoms with E-state index in [1.165, 1.54) is 16.7 Å². The van der Waals surface area contributed by atoms with Gasteiger partial charge in [0.05, 0.1) is 7.11 Å². The normalized spacial score (nSPS) is 12.9.